The van der Waals surface area contributed by atoms with Crippen LogP contribution in [0.4, 0.5) is 0 Å². The Bertz CT molecular complexity index is 539. The van der Waals surface area contributed by atoms with Crippen molar-refractivity contribution in [1.82, 2.24) is 15.5 Å². The minimum Gasteiger partial charge on any atom is -0.355 e. The smallest absolute Gasteiger partial charge is 0.220 e. The van der Waals surface area contributed by atoms with Crippen molar-refractivity contribution in [2.45, 2.75) is 51.6 Å². The first-order valence-electron chi connectivity index (χ1n) is 9.50. The Kier molecular flexibility index (Phi) is 6.27. The van der Waals surface area contributed by atoms with E-state index in [1.165, 1.54) is 24.0 Å². The molecule has 2 aliphatic rings. The summed E-state index contributed by atoms with van der Waals surface area (Å²) >= 11 is 0. The first-order chi connectivity index (χ1) is 11.7. The number of hydrogen-bond donors (Lipinski definition) is 2. The molecule has 0 radical (unpaired) electrons. The number of piperidine rings is 1. The number of nitrogens with one attached hydrogen (secondary N) is 2. The number of nitrogens with zero attached hydrogens (tertiary/aromatic N) is 1. The lowest BCUT2D eigenvalue weighted by Crippen LogP contribution is -2.44. The summed E-state index contributed by atoms with van der Waals surface area (Å²) in [5.74, 6) is 0.950. The molecular formula is C20H31N3O. The van der Waals surface area contributed by atoms with Crippen LogP contribution in [0.2, 0.25) is 0 Å². The topological polar surface area (TPSA) is 44.4 Å². The van der Waals surface area contributed by atoms with E-state index >= 15 is 0 Å². The predicted octanol–water partition coefficient (Wildman–Crippen LogP) is 2.33. The van der Waals surface area contributed by atoms with Crippen molar-refractivity contribution in [1.29, 1.82) is 0 Å². The van der Waals surface area contributed by atoms with Crippen LogP contribution < -0.4 is 10.6 Å². The summed E-state index contributed by atoms with van der Waals surface area (Å²) in [4.78, 5) is 14.6. The second-order valence-corrected chi connectivity index (χ2v) is 7.37. The Balaban J connectivity index is 1.37. The lowest BCUT2D eigenvalue weighted by atomic mass is 9.93. The molecule has 2 heterocycles. The summed E-state index contributed by atoms with van der Waals surface area (Å²) in [6.07, 6.45) is 5.27. The van der Waals surface area contributed by atoms with E-state index in [1.807, 2.05) is 0 Å². The van der Waals surface area contributed by atoms with E-state index in [4.69, 9.17) is 0 Å². The Hall–Kier alpha value is -1.39. The van der Waals surface area contributed by atoms with Crippen LogP contribution in [0.3, 0.4) is 0 Å². The molecule has 132 valence electrons. The predicted molar refractivity (Wildman–Crippen MR) is 97.9 cm³/mol. The fourth-order valence-electron chi connectivity index (χ4n) is 3.88. The summed E-state index contributed by atoms with van der Waals surface area (Å²) in [6.45, 7) is 7.29. The van der Waals surface area contributed by atoms with E-state index in [-0.39, 0.29) is 5.91 Å². The minimum atomic E-state index is 0.220. The molecule has 1 fully saturated rings. The Morgan fingerprint density at radius 1 is 1.29 bits per heavy atom. The summed E-state index contributed by atoms with van der Waals surface area (Å²) < 4.78 is 0. The number of rotatable bonds is 6. The highest BCUT2D eigenvalue weighted by atomic mass is 16.1. The third-order valence-corrected chi connectivity index (χ3v) is 5.62. The Morgan fingerprint density at radius 2 is 2.04 bits per heavy atom. The maximum atomic E-state index is 12.1. The van der Waals surface area contributed by atoms with Gasteiger partial charge in [-0.15, -0.1) is 0 Å². The van der Waals surface area contributed by atoms with Crippen LogP contribution in [0.1, 0.15) is 43.7 Å². The third kappa shape index (κ3) is 4.81. The van der Waals surface area contributed by atoms with Crippen molar-refractivity contribution in [3.8, 4) is 0 Å². The van der Waals surface area contributed by atoms with Gasteiger partial charge in [0.1, 0.15) is 0 Å². The maximum absolute atomic E-state index is 12.1. The molecule has 1 amide bonds. The highest BCUT2D eigenvalue weighted by Crippen LogP contribution is 2.20. The van der Waals surface area contributed by atoms with Crippen molar-refractivity contribution >= 4 is 5.91 Å². The molecule has 1 aromatic carbocycles. The van der Waals surface area contributed by atoms with Gasteiger partial charge in [-0.3, -0.25) is 9.69 Å². The van der Waals surface area contributed by atoms with E-state index in [2.05, 4.69) is 46.7 Å². The lowest BCUT2D eigenvalue weighted by Gasteiger charge is -2.33. The molecule has 4 heteroatoms. The normalized spacial score (nSPS) is 20.4. The largest absolute Gasteiger partial charge is 0.355 e. The summed E-state index contributed by atoms with van der Waals surface area (Å²) in [6, 6.07) is 9.10. The van der Waals surface area contributed by atoms with Crippen LogP contribution >= 0.6 is 0 Å². The number of amides is 1. The molecule has 0 saturated carbocycles. The third-order valence-electron chi connectivity index (χ3n) is 5.62. The molecule has 4 nitrogen and oxygen atoms in total. The molecule has 0 spiro atoms. The molecule has 1 aromatic rings. The molecular weight excluding hydrogens is 298 g/mol. The van der Waals surface area contributed by atoms with Crippen LogP contribution in [0.25, 0.3) is 0 Å². The van der Waals surface area contributed by atoms with Crippen molar-refractivity contribution in [2.24, 2.45) is 5.92 Å². The zero-order valence-electron chi connectivity index (χ0n) is 14.9. The fraction of sp³-hybridized carbons (Fsp3) is 0.650. The first-order valence-corrected chi connectivity index (χ1v) is 9.50. The lowest BCUT2D eigenvalue weighted by molar-refractivity contribution is -0.121. The standard InChI is InChI=1S/C20H31N3O/c1-16(23-13-10-18-4-2-3-5-19(18)15-23)14-22-20(24)7-6-17-8-11-21-12-9-17/h2-5,16-17,21H,6-15H2,1H3,(H,22,24). The van der Waals surface area contributed by atoms with Crippen LogP contribution in [0.15, 0.2) is 24.3 Å². The van der Waals surface area contributed by atoms with Crippen molar-refractivity contribution in [2.75, 3.05) is 26.2 Å². The summed E-state index contributed by atoms with van der Waals surface area (Å²) in [5, 5.41) is 6.53. The molecule has 0 aliphatic carbocycles. The molecule has 0 aromatic heterocycles. The summed E-state index contributed by atoms with van der Waals surface area (Å²) in [5.41, 5.74) is 2.92. The van der Waals surface area contributed by atoms with Gasteiger partial charge >= 0.3 is 0 Å². The maximum Gasteiger partial charge on any atom is 0.220 e. The second kappa shape index (κ2) is 8.63. The highest BCUT2D eigenvalue weighted by Gasteiger charge is 2.21. The first kappa shape index (κ1) is 17.4. The van der Waals surface area contributed by atoms with Crippen LogP contribution in [-0.4, -0.2) is 43.0 Å². The number of hydrogen-bond acceptors (Lipinski definition) is 3. The van der Waals surface area contributed by atoms with E-state index in [1.54, 1.807) is 0 Å². The van der Waals surface area contributed by atoms with Gasteiger partial charge in [-0.1, -0.05) is 24.3 Å². The number of fused-ring (bicyclic) bond motifs is 1. The Labute approximate surface area is 146 Å². The molecule has 3 rings (SSSR count). The van der Waals surface area contributed by atoms with Gasteiger partial charge < -0.3 is 10.6 Å². The number of carbonyl (C=O) groups excluding carboxylic acids is 1. The van der Waals surface area contributed by atoms with Gasteiger partial charge in [0, 0.05) is 32.1 Å². The van der Waals surface area contributed by atoms with E-state index in [0.717, 1.165) is 51.5 Å². The van der Waals surface area contributed by atoms with Crippen molar-refractivity contribution < 1.29 is 4.79 Å². The monoisotopic (exact) mass is 329 g/mol. The van der Waals surface area contributed by atoms with Crippen LogP contribution in [0.5, 0.6) is 0 Å². The Morgan fingerprint density at radius 3 is 2.83 bits per heavy atom. The van der Waals surface area contributed by atoms with E-state index in [0.29, 0.717) is 12.5 Å². The molecule has 1 saturated heterocycles. The molecule has 2 N–H and O–H groups in total. The molecule has 1 atom stereocenters. The van der Waals surface area contributed by atoms with Gasteiger partial charge in [-0.05, 0) is 62.7 Å². The van der Waals surface area contributed by atoms with Gasteiger partial charge in [-0.25, -0.2) is 0 Å². The van der Waals surface area contributed by atoms with Gasteiger partial charge in [0.15, 0.2) is 0 Å². The van der Waals surface area contributed by atoms with Gasteiger partial charge in [0.2, 0.25) is 5.91 Å². The van der Waals surface area contributed by atoms with Crippen LogP contribution in [0, 0.1) is 5.92 Å². The highest BCUT2D eigenvalue weighted by molar-refractivity contribution is 5.75. The molecule has 2 aliphatic heterocycles. The van der Waals surface area contributed by atoms with Gasteiger partial charge in [0.25, 0.3) is 0 Å². The average Bonchev–Trinajstić information content (AvgIpc) is 2.65. The average molecular weight is 329 g/mol. The van der Waals surface area contributed by atoms with Gasteiger partial charge in [0.05, 0.1) is 0 Å². The SMILES string of the molecule is CC(CNC(=O)CCC1CCNCC1)N1CCc2ccccc2C1. The molecule has 0 bridgehead atoms. The number of benzene rings is 1. The summed E-state index contributed by atoms with van der Waals surface area (Å²) in [7, 11) is 0. The zero-order chi connectivity index (χ0) is 16.8. The van der Waals surface area contributed by atoms with Gasteiger partial charge in [-0.2, -0.15) is 0 Å². The molecule has 1 unspecified atom stereocenters. The zero-order valence-corrected chi connectivity index (χ0v) is 14.9. The molecule has 24 heavy (non-hydrogen) atoms. The minimum absolute atomic E-state index is 0.220. The van der Waals surface area contributed by atoms with E-state index < -0.39 is 0 Å². The van der Waals surface area contributed by atoms with Crippen molar-refractivity contribution in [3.05, 3.63) is 35.4 Å². The second-order valence-electron chi connectivity index (χ2n) is 7.37. The van der Waals surface area contributed by atoms with Crippen LogP contribution in [-0.2, 0) is 17.8 Å². The van der Waals surface area contributed by atoms with E-state index in [9.17, 15) is 4.79 Å². The quantitative estimate of drug-likeness (QED) is 0.842. The number of carbonyl (C=O) groups is 1. The van der Waals surface area contributed by atoms with Crippen molar-refractivity contribution in [3.63, 3.8) is 0 Å². The fourth-order valence-corrected chi connectivity index (χ4v) is 3.88.